The number of amides is 1. The highest BCUT2D eigenvalue weighted by Crippen LogP contribution is 2.40. The summed E-state index contributed by atoms with van der Waals surface area (Å²) in [4.78, 5) is 21.2. The number of aromatic nitrogens is 3. The van der Waals surface area contributed by atoms with Crippen LogP contribution in [0.4, 0.5) is 10.6 Å². The molecule has 0 aromatic carbocycles. The van der Waals surface area contributed by atoms with E-state index in [1.54, 1.807) is 0 Å². The van der Waals surface area contributed by atoms with Crippen LogP contribution in [0.1, 0.15) is 67.3 Å². The molecule has 1 aliphatic heterocycles. The Balaban J connectivity index is 1.77. The molecule has 8 nitrogen and oxygen atoms in total. The largest absolute Gasteiger partial charge is 0.497 e. The average molecular weight is 400 g/mol. The Morgan fingerprint density at radius 3 is 2.38 bits per heavy atom. The number of nitrogens with one attached hydrogen (secondary N) is 1. The molecule has 2 fully saturated rings. The number of hydrogen-bond acceptors (Lipinski definition) is 6. The number of carbonyl (C=O) groups is 1. The Bertz CT molecular complexity index is 943. The second kappa shape index (κ2) is 6.44. The van der Waals surface area contributed by atoms with Gasteiger partial charge in [-0.05, 0) is 61.3 Å². The number of hydrogen-bond donors (Lipinski definition) is 1. The van der Waals surface area contributed by atoms with E-state index in [0.717, 1.165) is 29.3 Å². The van der Waals surface area contributed by atoms with Crippen molar-refractivity contribution >= 4 is 35.5 Å². The van der Waals surface area contributed by atoms with Gasteiger partial charge in [-0.2, -0.15) is 0 Å². The average Bonchev–Trinajstić information content (AvgIpc) is 3.27. The van der Waals surface area contributed by atoms with Crippen LogP contribution in [-0.4, -0.2) is 44.5 Å². The van der Waals surface area contributed by atoms with Crippen molar-refractivity contribution in [2.24, 2.45) is 0 Å². The molecule has 2 aromatic heterocycles. The Hall–Kier alpha value is -2.13. The minimum absolute atomic E-state index is 0.397. The molecule has 156 valence electrons. The van der Waals surface area contributed by atoms with Crippen molar-refractivity contribution in [3.63, 3.8) is 0 Å². The summed E-state index contributed by atoms with van der Waals surface area (Å²) in [6, 6.07) is 0.401. The third-order valence-electron chi connectivity index (χ3n) is 5.71. The second-order valence-electron chi connectivity index (χ2n) is 9.86. The molecule has 3 heterocycles. The number of ether oxygens (including phenoxy) is 1. The molecular weight excluding hydrogens is 371 g/mol. The standard InChI is InChI=1S/C20H29BN4O4/c1-18(2,3)27-17(26)24-15-14-13(21-28-19(4,5)20(6,7)29-21)10-25(12-8-9-12)16(14)23-11-22-15/h10-12H,8-9H2,1-7H3,(H,22,23,24,26). The van der Waals surface area contributed by atoms with Gasteiger partial charge < -0.3 is 18.6 Å². The van der Waals surface area contributed by atoms with Crippen molar-refractivity contribution < 1.29 is 18.8 Å². The number of fused-ring (bicyclic) bond motifs is 1. The summed E-state index contributed by atoms with van der Waals surface area (Å²) in [5, 5.41) is 3.51. The molecule has 0 bridgehead atoms. The van der Waals surface area contributed by atoms with Gasteiger partial charge in [0.15, 0.2) is 0 Å². The van der Waals surface area contributed by atoms with Gasteiger partial charge in [0.25, 0.3) is 0 Å². The minimum atomic E-state index is -0.606. The van der Waals surface area contributed by atoms with Gasteiger partial charge >= 0.3 is 13.2 Å². The Morgan fingerprint density at radius 2 is 1.83 bits per heavy atom. The van der Waals surface area contributed by atoms with Crippen LogP contribution in [0.2, 0.25) is 0 Å². The van der Waals surface area contributed by atoms with Crippen molar-refractivity contribution in [1.82, 2.24) is 14.5 Å². The van der Waals surface area contributed by atoms with Crippen LogP contribution < -0.4 is 10.8 Å². The number of carbonyl (C=O) groups excluding carboxylic acids is 1. The predicted octanol–water partition coefficient (Wildman–Crippen LogP) is 3.41. The molecule has 0 spiro atoms. The molecule has 1 N–H and O–H groups in total. The molecular formula is C20H29BN4O4. The molecule has 29 heavy (non-hydrogen) atoms. The first kappa shape index (κ1) is 20.2. The maximum atomic E-state index is 12.4. The smallest absolute Gasteiger partial charge is 0.444 e. The second-order valence-corrected chi connectivity index (χ2v) is 9.86. The molecule has 2 aliphatic rings. The summed E-state index contributed by atoms with van der Waals surface area (Å²) in [7, 11) is -0.576. The highest BCUT2D eigenvalue weighted by Gasteiger charge is 2.53. The first-order chi connectivity index (χ1) is 13.4. The molecule has 9 heteroatoms. The van der Waals surface area contributed by atoms with Gasteiger partial charge in [-0.3, -0.25) is 5.32 Å². The van der Waals surface area contributed by atoms with Crippen LogP contribution in [0.3, 0.4) is 0 Å². The lowest BCUT2D eigenvalue weighted by Gasteiger charge is -2.32. The third-order valence-corrected chi connectivity index (χ3v) is 5.71. The van der Waals surface area contributed by atoms with Crippen LogP contribution >= 0.6 is 0 Å². The Labute approximate surface area is 171 Å². The monoisotopic (exact) mass is 400 g/mol. The van der Waals surface area contributed by atoms with Crippen LogP contribution in [-0.2, 0) is 14.0 Å². The molecule has 1 saturated heterocycles. The van der Waals surface area contributed by atoms with E-state index in [4.69, 9.17) is 14.0 Å². The van der Waals surface area contributed by atoms with Gasteiger partial charge in [0, 0.05) is 17.7 Å². The molecule has 1 saturated carbocycles. The summed E-state index contributed by atoms with van der Waals surface area (Å²) < 4.78 is 20.1. The van der Waals surface area contributed by atoms with Gasteiger partial charge in [0.05, 0.1) is 16.6 Å². The summed E-state index contributed by atoms with van der Waals surface area (Å²) in [5.41, 5.74) is 0.0284. The summed E-state index contributed by atoms with van der Waals surface area (Å²) in [6.45, 7) is 13.5. The van der Waals surface area contributed by atoms with Crippen LogP contribution in [0, 0.1) is 0 Å². The fourth-order valence-corrected chi connectivity index (χ4v) is 3.39. The van der Waals surface area contributed by atoms with Crippen molar-refractivity contribution in [3.8, 4) is 0 Å². The van der Waals surface area contributed by atoms with E-state index in [9.17, 15) is 4.79 Å². The molecule has 2 aromatic rings. The van der Waals surface area contributed by atoms with E-state index in [1.165, 1.54) is 6.33 Å². The lowest BCUT2D eigenvalue weighted by Crippen LogP contribution is -2.41. The molecule has 0 radical (unpaired) electrons. The molecule has 4 rings (SSSR count). The van der Waals surface area contributed by atoms with E-state index in [2.05, 4.69) is 19.9 Å². The summed E-state index contributed by atoms with van der Waals surface area (Å²) in [6.07, 6.45) is 5.13. The molecule has 0 unspecified atom stereocenters. The topological polar surface area (TPSA) is 87.5 Å². The van der Waals surface area contributed by atoms with Gasteiger partial charge in [0.2, 0.25) is 0 Å². The molecule has 0 atom stereocenters. The zero-order valence-electron chi connectivity index (χ0n) is 18.2. The molecule has 1 aliphatic carbocycles. The van der Waals surface area contributed by atoms with Crippen LogP contribution in [0.5, 0.6) is 0 Å². The highest BCUT2D eigenvalue weighted by molar-refractivity contribution is 6.65. The molecule has 1 amide bonds. The highest BCUT2D eigenvalue weighted by atomic mass is 16.7. The number of nitrogens with zero attached hydrogens (tertiary/aromatic N) is 3. The van der Waals surface area contributed by atoms with Crippen molar-refractivity contribution in [2.75, 3.05) is 5.32 Å². The quantitative estimate of drug-likeness (QED) is 0.795. The van der Waals surface area contributed by atoms with E-state index in [-0.39, 0.29) is 0 Å². The van der Waals surface area contributed by atoms with E-state index in [0.29, 0.717) is 11.9 Å². The summed E-state index contributed by atoms with van der Waals surface area (Å²) >= 11 is 0. The van der Waals surface area contributed by atoms with Crippen LogP contribution in [0.25, 0.3) is 11.0 Å². The van der Waals surface area contributed by atoms with E-state index in [1.807, 2.05) is 54.7 Å². The number of rotatable bonds is 3. The zero-order valence-corrected chi connectivity index (χ0v) is 18.2. The predicted molar refractivity (Wildman–Crippen MR) is 111 cm³/mol. The van der Waals surface area contributed by atoms with Crippen molar-refractivity contribution in [3.05, 3.63) is 12.5 Å². The lowest BCUT2D eigenvalue weighted by molar-refractivity contribution is 0.00578. The van der Waals surface area contributed by atoms with Gasteiger partial charge in [-0.15, -0.1) is 0 Å². The maximum Gasteiger partial charge on any atom is 0.497 e. The van der Waals surface area contributed by atoms with Crippen LogP contribution in [0.15, 0.2) is 12.5 Å². The first-order valence-corrected chi connectivity index (χ1v) is 10.1. The number of anilines is 1. The van der Waals surface area contributed by atoms with Crippen molar-refractivity contribution in [1.29, 1.82) is 0 Å². The fraction of sp³-hybridized carbons (Fsp3) is 0.650. The maximum absolute atomic E-state index is 12.4. The fourth-order valence-electron chi connectivity index (χ4n) is 3.39. The minimum Gasteiger partial charge on any atom is -0.444 e. The van der Waals surface area contributed by atoms with Gasteiger partial charge in [-0.1, -0.05) is 0 Å². The summed E-state index contributed by atoms with van der Waals surface area (Å²) in [5.74, 6) is 0.397. The normalized spacial score (nSPS) is 20.9. The first-order valence-electron chi connectivity index (χ1n) is 10.1. The lowest BCUT2D eigenvalue weighted by atomic mass is 9.79. The Kier molecular flexibility index (Phi) is 4.47. The van der Waals surface area contributed by atoms with Gasteiger partial charge in [-0.25, -0.2) is 14.8 Å². The van der Waals surface area contributed by atoms with E-state index >= 15 is 0 Å². The third kappa shape index (κ3) is 3.73. The van der Waals surface area contributed by atoms with Crippen molar-refractivity contribution in [2.45, 2.75) is 84.2 Å². The SMILES string of the molecule is CC(C)(C)OC(=O)Nc1ncnc2c1c(B1OC(C)(C)C(C)(C)O1)cn2C1CC1. The van der Waals surface area contributed by atoms with E-state index < -0.39 is 30.0 Å². The zero-order chi connectivity index (χ0) is 21.2. The van der Waals surface area contributed by atoms with Gasteiger partial charge in [0.1, 0.15) is 23.4 Å². The Morgan fingerprint density at radius 1 is 1.21 bits per heavy atom.